The molecular formula is C44H69N3O21. The smallest absolute Gasteiger partial charge is 0.342 e. The van der Waals surface area contributed by atoms with Crippen LogP contribution in [0, 0.1) is 45.1 Å². The van der Waals surface area contributed by atoms with E-state index in [2.05, 4.69) is 18.5 Å². The summed E-state index contributed by atoms with van der Waals surface area (Å²) in [6, 6.07) is 0. The predicted octanol–water partition coefficient (Wildman–Crippen LogP) is -2.85. The Kier molecular flexibility index (Phi) is 15.8. The molecule has 24 heteroatoms. The van der Waals surface area contributed by atoms with Gasteiger partial charge in [0.25, 0.3) is 0 Å². The second-order valence-corrected chi connectivity index (χ2v) is 20.3. The monoisotopic (exact) mass is 975 g/mol. The average molecular weight is 976 g/mol. The predicted molar refractivity (Wildman–Crippen MR) is 227 cm³/mol. The van der Waals surface area contributed by atoms with E-state index in [1.54, 1.807) is 6.92 Å². The zero-order valence-corrected chi connectivity index (χ0v) is 38.4. The molecular weight excluding hydrogens is 906 g/mol. The average Bonchev–Trinajstić information content (AvgIpc) is 3.77. The van der Waals surface area contributed by atoms with Gasteiger partial charge in [0.15, 0.2) is 18.4 Å². The molecule has 0 aromatic carbocycles. The summed E-state index contributed by atoms with van der Waals surface area (Å²) in [5.41, 5.74) is -1.80. The first-order valence-electron chi connectivity index (χ1n) is 23.3. The van der Waals surface area contributed by atoms with Crippen LogP contribution in [0.2, 0.25) is 0 Å². The van der Waals surface area contributed by atoms with Crippen molar-refractivity contribution in [3.05, 3.63) is 34.3 Å². The minimum atomic E-state index is -1.81. The molecule has 2 bridgehead atoms. The van der Waals surface area contributed by atoms with Crippen LogP contribution in [-0.4, -0.2) is 206 Å². The number of aryl methyl sites for hydroxylation is 1. The van der Waals surface area contributed by atoms with E-state index in [0.717, 1.165) is 18.4 Å². The largest absolute Gasteiger partial charge is 0.432 e. The van der Waals surface area contributed by atoms with Crippen LogP contribution in [0.4, 0.5) is 5.82 Å². The molecule has 1 spiro atoms. The molecule has 7 aliphatic rings. The van der Waals surface area contributed by atoms with Crippen LogP contribution >= 0.6 is 0 Å². The molecule has 386 valence electrons. The van der Waals surface area contributed by atoms with Gasteiger partial charge in [-0.1, -0.05) is 19.9 Å². The van der Waals surface area contributed by atoms with Crippen molar-refractivity contribution in [3.8, 4) is 0 Å². The van der Waals surface area contributed by atoms with Gasteiger partial charge in [-0.25, -0.2) is 9.55 Å². The van der Waals surface area contributed by atoms with Gasteiger partial charge < -0.3 is 99.8 Å². The van der Waals surface area contributed by atoms with E-state index < -0.39 is 134 Å². The molecule has 1 aromatic heterocycles. The molecule has 7 fully saturated rings. The summed E-state index contributed by atoms with van der Waals surface area (Å²) in [5.74, 6) is -0.135. The number of hydrogen-bond donors (Lipinski definition) is 12. The van der Waals surface area contributed by atoms with Crippen LogP contribution in [0.15, 0.2) is 18.3 Å². The minimum Gasteiger partial charge on any atom is -0.432 e. The normalized spacial score (nSPS) is 46.8. The van der Waals surface area contributed by atoms with Gasteiger partial charge in [-0.15, -0.1) is 0 Å². The van der Waals surface area contributed by atoms with E-state index in [0.29, 0.717) is 50.8 Å². The second kappa shape index (κ2) is 20.3. The highest BCUT2D eigenvalue weighted by Crippen LogP contribution is 2.73. The van der Waals surface area contributed by atoms with Crippen LogP contribution in [0.1, 0.15) is 77.5 Å². The Balaban J connectivity index is 0.000000498. The van der Waals surface area contributed by atoms with Gasteiger partial charge in [0.05, 0.1) is 37.4 Å². The maximum absolute atomic E-state index is 14.1. The quantitative estimate of drug-likeness (QED) is 0.0330. The number of nitro groups is 1. The Bertz CT molecular complexity index is 1960. The summed E-state index contributed by atoms with van der Waals surface area (Å²) in [4.78, 5) is 27.7. The van der Waals surface area contributed by atoms with Gasteiger partial charge in [-0.3, -0.25) is 4.79 Å². The first-order chi connectivity index (χ1) is 32.1. The highest BCUT2D eigenvalue weighted by Gasteiger charge is 2.69. The molecule has 21 atom stereocenters. The lowest BCUT2D eigenvalue weighted by atomic mass is 9.41. The van der Waals surface area contributed by atoms with Crippen molar-refractivity contribution < 1.29 is 99.4 Å². The van der Waals surface area contributed by atoms with Gasteiger partial charge >= 0.3 is 11.8 Å². The van der Waals surface area contributed by atoms with E-state index in [4.69, 9.17) is 33.5 Å². The van der Waals surface area contributed by atoms with Crippen molar-refractivity contribution in [1.82, 2.24) is 9.55 Å². The van der Waals surface area contributed by atoms with Crippen molar-refractivity contribution >= 4 is 11.8 Å². The number of hydrogen-bond acceptors (Lipinski definition) is 22. The summed E-state index contributed by atoms with van der Waals surface area (Å²) in [6.45, 7) is 8.26. The van der Waals surface area contributed by atoms with E-state index in [-0.39, 0.29) is 41.6 Å². The summed E-state index contributed by atoms with van der Waals surface area (Å²) in [5, 5.41) is 133. The summed E-state index contributed by atoms with van der Waals surface area (Å²) < 4.78 is 36.9. The molecule has 12 N–H and O–H groups in total. The SMILES string of the molecule is C=C1C[C@@]23CC[C@H]4[C@@](C)(CCC[C@@]4(C)C(=O)O[C@@H]4O[C@H](CO)[C@@H](O)[C@H](O)[C@H]4O)[C@@H]2CC[C@]1(O[C@@H]1O[C@H](CO)[C@@H](O)[C@H](O)[C@H]1O[C@@H]1O[C@H](CO)[C@@H](O)[C@H](O)[C@H]1O)C3.Cc1ncc([N+](=O)[O-])n1CCO. The molecule has 3 aliphatic heterocycles. The number of aromatic nitrogens is 2. The topological polar surface area (TPSA) is 376 Å². The number of imidazole rings is 1. The molecule has 4 heterocycles. The lowest BCUT2D eigenvalue weighted by Gasteiger charge is -2.64. The lowest BCUT2D eigenvalue weighted by Crippen LogP contribution is -2.65. The van der Waals surface area contributed by atoms with Crippen molar-refractivity contribution in [2.45, 2.75) is 183 Å². The maximum Gasteiger partial charge on any atom is 0.342 e. The second-order valence-electron chi connectivity index (χ2n) is 20.3. The third kappa shape index (κ3) is 9.16. The standard InChI is InChI=1S/C38H60O18.C6H9N3O3/c1-16-11-37-9-5-20-35(2,7-4-8-36(20,3)34(50)55-32-29(49)26(46)23(43)18(13-40)52-32)21(37)6-10-38(16,15-37)56-33-30(27(47)24(44)19(14-41)53-33)54-31-28(48)25(45)22(42)17(12-39)51-31;1-5-7-4-6(9(11)12)8(5)2-3-10/h17-33,39-49H,1,4-15H2,2-3H3;4,10H,2-3H2,1H3/t17-,18-,19-,20+,21+,22-,23-,24-,25+,26+,27+,28-,29-,30-,31+,32+,33+,35-,36-,37-,38+;/m1./s1. The molecule has 1 aromatic rings. The van der Waals surface area contributed by atoms with Crippen molar-refractivity contribution in [3.63, 3.8) is 0 Å². The maximum atomic E-state index is 14.1. The highest BCUT2D eigenvalue weighted by atomic mass is 16.8. The van der Waals surface area contributed by atoms with Crippen molar-refractivity contribution in [2.24, 2.45) is 28.1 Å². The number of carbonyl (C=O) groups excluding carboxylic acids is 1. The van der Waals surface area contributed by atoms with E-state index in [9.17, 15) is 71.1 Å². The summed E-state index contributed by atoms with van der Waals surface area (Å²) in [7, 11) is 0. The van der Waals surface area contributed by atoms with Crippen LogP contribution in [0.25, 0.3) is 0 Å². The van der Waals surface area contributed by atoms with E-state index in [1.165, 1.54) is 10.8 Å². The Morgan fingerprint density at radius 2 is 1.35 bits per heavy atom. The molecule has 0 unspecified atom stereocenters. The molecule has 4 saturated carbocycles. The fourth-order valence-corrected chi connectivity index (χ4v) is 13.0. The summed E-state index contributed by atoms with van der Waals surface area (Å²) in [6.07, 6.45) is -16.7. The lowest BCUT2D eigenvalue weighted by molar-refractivity contribution is -0.392. The first-order valence-corrected chi connectivity index (χ1v) is 23.3. The van der Waals surface area contributed by atoms with Crippen LogP contribution in [0.5, 0.6) is 0 Å². The third-order valence-electron chi connectivity index (χ3n) is 16.5. The number of rotatable bonds is 12. The van der Waals surface area contributed by atoms with Crippen molar-refractivity contribution in [1.29, 1.82) is 0 Å². The fraction of sp³-hybridized carbons (Fsp3) is 0.864. The van der Waals surface area contributed by atoms with E-state index >= 15 is 0 Å². The number of esters is 1. The molecule has 0 radical (unpaired) electrons. The molecule has 3 saturated heterocycles. The Labute approximate surface area is 391 Å². The third-order valence-corrected chi connectivity index (χ3v) is 16.5. The van der Waals surface area contributed by atoms with Crippen LogP contribution < -0.4 is 0 Å². The van der Waals surface area contributed by atoms with E-state index in [1.807, 2.05) is 6.92 Å². The number of ether oxygens (including phenoxy) is 6. The van der Waals surface area contributed by atoms with Crippen LogP contribution in [-0.2, 0) is 39.8 Å². The van der Waals surface area contributed by atoms with Gasteiger partial charge in [0, 0.05) is 6.92 Å². The van der Waals surface area contributed by atoms with Crippen LogP contribution in [0.3, 0.4) is 0 Å². The Hall–Kier alpha value is -2.86. The molecule has 4 aliphatic carbocycles. The zero-order chi connectivity index (χ0) is 49.8. The number of aliphatic hydroxyl groups is 12. The Morgan fingerprint density at radius 1 is 0.794 bits per heavy atom. The van der Waals surface area contributed by atoms with Gasteiger partial charge in [0.1, 0.15) is 86.0 Å². The number of fused-ring (bicyclic) bond motifs is 3. The molecule has 8 rings (SSSR count). The number of carbonyl (C=O) groups is 1. The number of aliphatic hydroxyl groups excluding tert-OH is 12. The van der Waals surface area contributed by atoms with Crippen molar-refractivity contribution in [2.75, 3.05) is 26.4 Å². The summed E-state index contributed by atoms with van der Waals surface area (Å²) >= 11 is 0. The Morgan fingerprint density at radius 3 is 1.94 bits per heavy atom. The van der Waals surface area contributed by atoms with Gasteiger partial charge in [-0.05, 0) is 91.5 Å². The molecule has 24 nitrogen and oxygen atoms in total. The molecule has 68 heavy (non-hydrogen) atoms. The fourth-order valence-electron chi connectivity index (χ4n) is 13.0. The minimum absolute atomic E-state index is 0.0819. The zero-order valence-electron chi connectivity index (χ0n) is 38.4. The number of nitrogens with zero attached hydrogens (tertiary/aromatic N) is 3. The van der Waals surface area contributed by atoms with Gasteiger partial charge in [0.2, 0.25) is 6.29 Å². The molecule has 0 amide bonds. The highest BCUT2D eigenvalue weighted by molar-refractivity contribution is 5.77. The first kappa shape index (κ1) is 53.0. The van der Waals surface area contributed by atoms with Gasteiger partial charge in [-0.2, -0.15) is 0 Å².